The molecule has 1 amide bonds. The fraction of sp³-hybridized carbons (Fsp3) is 0.263. The largest absolute Gasteiger partial charge is 0.491 e. The summed E-state index contributed by atoms with van der Waals surface area (Å²) in [6.45, 7) is 3.49. The van der Waals surface area contributed by atoms with Gasteiger partial charge in [-0.3, -0.25) is 4.79 Å². The fourth-order valence-electron chi connectivity index (χ4n) is 3.09. The maximum Gasteiger partial charge on any atom is 0.255 e. The normalized spacial score (nSPS) is 15.8. The Hall–Kier alpha value is -2.57. The third kappa shape index (κ3) is 3.25. The first-order chi connectivity index (χ1) is 12.6. The van der Waals surface area contributed by atoms with Gasteiger partial charge >= 0.3 is 0 Å². The SMILES string of the molecule is CC(NC(=O)c1cccc2c1OCCN(Cl)C2)c1nc2ccccc2[nH]1. The van der Waals surface area contributed by atoms with Crippen molar-refractivity contribution in [1.82, 2.24) is 19.7 Å². The van der Waals surface area contributed by atoms with Crippen LogP contribution in [0.25, 0.3) is 11.0 Å². The van der Waals surface area contributed by atoms with Gasteiger partial charge in [0.25, 0.3) is 5.91 Å². The van der Waals surface area contributed by atoms with Crippen LogP contribution in [0.15, 0.2) is 42.5 Å². The molecule has 0 spiro atoms. The highest BCUT2D eigenvalue weighted by molar-refractivity contribution is 6.13. The van der Waals surface area contributed by atoms with Crippen LogP contribution in [-0.4, -0.2) is 33.4 Å². The average molecular weight is 371 g/mol. The van der Waals surface area contributed by atoms with E-state index in [1.54, 1.807) is 10.5 Å². The molecule has 134 valence electrons. The number of rotatable bonds is 3. The van der Waals surface area contributed by atoms with Crippen molar-refractivity contribution >= 4 is 28.7 Å². The highest BCUT2D eigenvalue weighted by Gasteiger charge is 2.22. The minimum atomic E-state index is -0.263. The van der Waals surface area contributed by atoms with E-state index in [1.807, 2.05) is 43.3 Å². The first kappa shape index (κ1) is 16.9. The average Bonchev–Trinajstić information content (AvgIpc) is 2.97. The molecule has 1 aliphatic heterocycles. The van der Waals surface area contributed by atoms with Crippen LogP contribution in [0.3, 0.4) is 0 Å². The van der Waals surface area contributed by atoms with Gasteiger partial charge in [0.2, 0.25) is 0 Å². The molecule has 0 bridgehead atoms. The second kappa shape index (κ2) is 6.97. The zero-order chi connectivity index (χ0) is 18.1. The number of aromatic amines is 1. The quantitative estimate of drug-likeness (QED) is 0.693. The number of imidazole rings is 1. The fourth-order valence-corrected chi connectivity index (χ4v) is 3.29. The molecule has 2 aromatic carbocycles. The summed E-state index contributed by atoms with van der Waals surface area (Å²) in [5, 5.41) is 3.00. The van der Waals surface area contributed by atoms with Crippen molar-refractivity contribution in [3.8, 4) is 5.75 Å². The number of para-hydroxylation sites is 3. The summed E-state index contributed by atoms with van der Waals surface area (Å²) >= 11 is 6.12. The van der Waals surface area contributed by atoms with Crippen LogP contribution in [0.4, 0.5) is 0 Å². The summed E-state index contributed by atoms with van der Waals surface area (Å²) in [6, 6.07) is 13.1. The summed E-state index contributed by atoms with van der Waals surface area (Å²) < 4.78 is 7.45. The van der Waals surface area contributed by atoms with Gasteiger partial charge in [0.15, 0.2) is 0 Å². The molecule has 0 saturated heterocycles. The first-order valence-electron chi connectivity index (χ1n) is 8.53. The number of halogens is 1. The van der Waals surface area contributed by atoms with Gasteiger partial charge in [-0.1, -0.05) is 24.3 Å². The molecule has 2 N–H and O–H groups in total. The molecule has 1 aromatic heterocycles. The van der Waals surface area contributed by atoms with Crippen LogP contribution in [0.1, 0.15) is 34.7 Å². The van der Waals surface area contributed by atoms with Crippen LogP contribution in [0, 0.1) is 0 Å². The van der Waals surface area contributed by atoms with Gasteiger partial charge in [-0.15, -0.1) is 0 Å². The van der Waals surface area contributed by atoms with Crippen LogP contribution in [0.2, 0.25) is 0 Å². The standard InChI is InChI=1S/C19H19ClN4O2/c1-12(18-22-15-7-2-3-8-16(15)23-18)21-19(25)14-6-4-5-13-11-24(20)9-10-26-17(13)14/h2-8,12H,9-11H2,1H3,(H,21,25)(H,22,23). The molecule has 0 saturated carbocycles. The van der Waals surface area contributed by atoms with E-state index in [0.717, 1.165) is 22.4 Å². The minimum Gasteiger partial charge on any atom is -0.491 e. The van der Waals surface area contributed by atoms with Gasteiger partial charge in [0, 0.05) is 18.7 Å². The number of aromatic nitrogens is 2. The molecule has 7 heteroatoms. The molecule has 3 aromatic rings. The van der Waals surface area contributed by atoms with Gasteiger partial charge in [-0.25, -0.2) is 9.40 Å². The number of nitrogens with one attached hydrogen (secondary N) is 2. The van der Waals surface area contributed by atoms with Crippen molar-refractivity contribution in [3.05, 3.63) is 59.4 Å². The Bertz CT molecular complexity index is 923. The van der Waals surface area contributed by atoms with E-state index in [9.17, 15) is 4.79 Å². The number of ether oxygens (including phenoxy) is 1. The lowest BCUT2D eigenvalue weighted by molar-refractivity contribution is 0.0934. The van der Waals surface area contributed by atoms with Crippen molar-refractivity contribution in [3.63, 3.8) is 0 Å². The molecule has 2 heterocycles. The van der Waals surface area contributed by atoms with Crippen LogP contribution in [-0.2, 0) is 6.54 Å². The summed E-state index contributed by atoms with van der Waals surface area (Å²) in [5.41, 5.74) is 3.24. The zero-order valence-electron chi connectivity index (χ0n) is 14.3. The monoisotopic (exact) mass is 370 g/mol. The predicted octanol–water partition coefficient (Wildman–Crippen LogP) is 3.40. The van der Waals surface area contributed by atoms with E-state index < -0.39 is 0 Å². The summed E-state index contributed by atoms with van der Waals surface area (Å²) in [5.74, 6) is 1.12. The van der Waals surface area contributed by atoms with Crippen LogP contribution < -0.4 is 10.1 Å². The molecule has 4 rings (SSSR count). The molecule has 0 radical (unpaired) electrons. The number of carbonyl (C=O) groups excluding carboxylic acids is 1. The van der Waals surface area contributed by atoms with Crippen LogP contribution in [0.5, 0.6) is 5.75 Å². The first-order valence-corrected chi connectivity index (χ1v) is 8.86. The Morgan fingerprint density at radius 1 is 1.31 bits per heavy atom. The minimum absolute atomic E-state index is 0.196. The van der Waals surface area contributed by atoms with Gasteiger partial charge in [-0.05, 0) is 36.9 Å². The van der Waals surface area contributed by atoms with E-state index in [2.05, 4.69) is 15.3 Å². The van der Waals surface area contributed by atoms with Gasteiger partial charge in [0.05, 0.1) is 22.6 Å². The molecule has 26 heavy (non-hydrogen) atoms. The molecule has 1 unspecified atom stereocenters. The molecule has 1 aliphatic rings. The summed E-state index contributed by atoms with van der Waals surface area (Å²) in [4.78, 5) is 20.6. The molecule has 0 aliphatic carbocycles. The van der Waals surface area contributed by atoms with E-state index in [0.29, 0.717) is 31.0 Å². The van der Waals surface area contributed by atoms with Gasteiger partial charge in [-0.2, -0.15) is 0 Å². The lowest BCUT2D eigenvalue weighted by Gasteiger charge is -2.15. The second-order valence-corrected chi connectivity index (χ2v) is 6.80. The second-order valence-electron chi connectivity index (χ2n) is 6.32. The van der Waals surface area contributed by atoms with E-state index in [-0.39, 0.29) is 11.9 Å². The Labute approximate surface area is 156 Å². The Kier molecular flexibility index (Phi) is 4.53. The van der Waals surface area contributed by atoms with E-state index in [1.165, 1.54) is 0 Å². The van der Waals surface area contributed by atoms with E-state index in [4.69, 9.17) is 16.5 Å². The zero-order valence-corrected chi connectivity index (χ0v) is 15.1. The Morgan fingerprint density at radius 2 is 2.15 bits per heavy atom. The van der Waals surface area contributed by atoms with Gasteiger partial charge < -0.3 is 15.0 Å². The van der Waals surface area contributed by atoms with Crippen molar-refractivity contribution in [2.75, 3.05) is 13.2 Å². The smallest absolute Gasteiger partial charge is 0.255 e. The number of benzene rings is 2. The highest BCUT2D eigenvalue weighted by atomic mass is 35.5. The number of H-pyrrole nitrogens is 1. The van der Waals surface area contributed by atoms with Gasteiger partial charge in [0.1, 0.15) is 18.2 Å². The Morgan fingerprint density at radius 3 is 3.00 bits per heavy atom. The lowest BCUT2D eigenvalue weighted by Crippen LogP contribution is -2.28. The number of fused-ring (bicyclic) bond motifs is 2. The predicted molar refractivity (Wildman–Crippen MR) is 100 cm³/mol. The maximum atomic E-state index is 12.8. The third-order valence-electron chi connectivity index (χ3n) is 4.43. The molecule has 0 fully saturated rings. The molecule has 6 nitrogen and oxygen atoms in total. The number of hydrogen-bond acceptors (Lipinski definition) is 4. The van der Waals surface area contributed by atoms with Crippen molar-refractivity contribution in [2.24, 2.45) is 0 Å². The number of nitrogens with zero attached hydrogens (tertiary/aromatic N) is 2. The summed E-state index contributed by atoms with van der Waals surface area (Å²) in [6.07, 6.45) is 0. The maximum absolute atomic E-state index is 12.8. The highest BCUT2D eigenvalue weighted by Crippen LogP contribution is 2.28. The van der Waals surface area contributed by atoms with E-state index >= 15 is 0 Å². The Balaban J connectivity index is 1.57. The number of hydrogen-bond donors (Lipinski definition) is 2. The van der Waals surface area contributed by atoms with Crippen molar-refractivity contribution < 1.29 is 9.53 Å². The van der Waals surface area contributed by atoms with Crippen LogP contribution >= 0.6 is 11.8 Å². The lowest BCUT2D eigenvalue weighted by atomic mass is 10.1. The number of amides is 1. The topological polar surface area (TPSA) is 70.2 Å². The molecule has 1 atom stereocenters. The number of carbonyl (C=O) groups is 1. The third-order valence-corrected chi connectivity index (χ3v) is 4.72. The molecular formula is C19H19ClN4O2. The molecular weight excluding hydrogens is 352 g/mol. The van der Waals surface area contributed by atoms with Crippen molar-refractivity contribution in [1.29, 1.82) is 0 Å². The summed E-state index contributed by atoms with van der Waals surface area (Å²) in [7, 11) is 0. The van der Waals surface area contributed by atoms with Crippen molar-refractivity contribution in [2.45, 2.75) is 19.5 Å².